The zero-order valence-electron chi connectivity index (χ0n) is 17.3. The van der Waals surface area contributed by atoms with E-state index in [0.29, 0.717) is 5.92 Å². The maximum Gasteiger partial charge on any atom is 0.146 e. The van der Waals surface area contributed by atoms with Crippen LogP contribution in [-0.4, -0.2) is 64.0 Å². The molecule has 0 spiro atoms. The van der Waals surface area contributed by atoms with E-state index in [2.05, 4.69) is 62.8 Å². The largest absolute Gasteiger partial charge is 0.379 e. The van der Waals surface area contributed by atoms with E-state index in [-0.39, 0.29) is 0 Å². The van der Waals surface area contributed by atoms with Crippen LogP contribution in [0.15, 0.2) is 24.3 Å². The summed E-state index contributed by atoms with van der Waals surface area (Å²) < 4.78 is 7.69. The van der Waals surface area contributed by atoms with Crippen molar-refractivity contribution in [3.05, 3.63) is 47.0 Å². The van der Waals surface area contributed by atoms with E-state index < -0.39 is 0 Å². The molecule has 0 N–H and O–H groups in total. The zero-order valence-corrected chi connectivity index (χ0v) is 17.3. The molecule has 0 radical (unpaired) electrons. The fraction of sp³-hybridized carbons (Fsp3) is 0.636. The molecule has 1 atom stereocenters. The first kappa shape index (κ1) is 19.6. The third kappa shape index (κ3) is 4.62. The fourth-order valence-electron chi connectivity index (χ4n) is 4.38. The predicted octanol–water partition coefficient (Wildman–Crippen LogP) is 2.59. The van der Waals surface area contributed by atoms with Crippen molar-refractivity contribution < 1.29 is 4.74 Å². The molecule has 1 unspecified atom stereocenters. The predicted molar refractivity (Wildman–Crippen MR) is 110 cm³/mol. The third-order valence-electron chi connectivity index (χ3n) is 6.18. The number of nitrogens with zero attached hydrogens (tertiary/aromatic N) is 5. The van der Waals surface area contributed by atoms with Crippen LogP contribution in [-0.2, 0) is 31.3 Å². The van der Waals surface area contributed by atoms with Crippen molar-refractivity contribution in [2.75, 3.05) is 39.4 Å². The summed E-state index contributed by atoms with van der Waals surface area (Å²) in [6, 6.07) is 9.09. The molecule has 0 bridgehead atoms. The summed E-state index contributed by atoms with van der Waals surface area (Å²) in [5, 5.41) is 9.12. The Morgan fingerprint density at radius 1 is 0.964 bits per heavy atom. The van der Waals surface area contributed by atoms with Crippen LogP contribution in [0, 0.1) is 0 Å². The molecule has 2 saturated heterocycles. The molecule has 1 aromatic carbocycles. The maximum absolute atomic E-state index is 5.45. The third-order valence-corrected chi connectivity index (χ3v) is 6.18. The number of ether oxygens (including phenoxy) is 1. The van der Waals surface area contributed by atoms with Crippen LogP contribution in [0.1, 0.15) is 48.5 Å². The van der Waals surface area contributed by atoms with Gasteiger partial charge in [0, 0.05) is 39.1 Å². The lowest BCUT2D eigenvalue weighted by atomic mass is 9.96. The van der Waals surface area contributed by atoms with E-state index in [4.69, 9.17) is 4.74 Å². The molecule has 0 amide bonds. The highest BCUT2D eigenvalue weighted by atomic mass is 16.5. The fourth-order valence-corrected chi connectivity index (χ4v) is 4.38. The lowest BCUT2D eigenvalue weighted by Crippen LogP contribution is -2.36. The highest BCUT2D eigenvalue weighted by Gasteiger charge is 2.26. The van der Waals surface area contributed by atoms with E-state index in [1.54, 1.807) is 0 Å². The Kier molecular flexibility index (Phi) is 6.40. The topological polar surface area (TPSA) is 46.4 Å². The number of rotatable bonds is 6. The lowest BCUT2D eigenvalue weighted by Gasteiger charge is -2.32. The van der Waals surface area contributed by atoms with Gasteiger partial charge in [-0.05, 0) is 36.9 Å². The van der Waals surface area contributed by atoms with Gasteiger partial charge in [0.15, 0.2) is 0 Å². The molecule has 4 rings (SSSR count). The van der Waals surface area contributed by atoms with E-state index >= 15 is 0 Å². The van der Waals surface area contributed by atoms with Crippen molar-refractivity contribution in [3.8, 4) is 0 Å². The number of morpholine rings is 1. The van der Waals surface area contributed by atoms with Crippen LogP contribution in [0.2, 0.25) is 0 Å². The van der Waals surface area contributed by atoms with Crippen LogP contribution in [0.3, 0.4) is 0 Å². The Labute approximate surface area is 168 Å². The number of hydrogen-bond acceptors (Lipinski definition) is 5. The minimum absolute atomic E-state index is 0.472. The van der Waals surface area contributed by atoms with Gasteiger partial charge in [-0.1, -0.05) is 31.2 Å². The Morgan fingerprint density at radius 3 is 2.46 bits per heavy atom. The number of aryl methyl sites for hydroxylation is 1. The molecule has 3 heterocycles. The molecule has 2 fully saturated rings. The van der Waals surface area contributed by atoms with Crippen molar-refractivity contribution >= 4 is 0 Å². The van der Waals surface area contributed by atoms with Gasteiger partial charge >= 0.3 is 0 Å². The second kappa shape index (κ2) is 9.16. The molecule has 2 aromatic rings. The van der Waals surface area contributed by atoms with E-state index in [0.717, 1.165) is 64.0 Å². The quantitative estimate of drug-likeness (QED) is 0.767. The second-order valence-electron chi connectivity index (χ2n) is 8.17. The summed E-state index contributed by atoms with van der Waals surface area (Å²) in [5.41, 5.74) is 2.82. The number of hydrogen-bond donors (Lipinski definition) is 0. The average molecular weight is 384 g/mol. The summed E-state index contributed by atoms with van der Waals surface area (Å²) in [4.78, 5) is 4.98. The van der Waals surface area contributed by atoms with Crippen LogP contribution in [0.25, 0.3) is 0 Å². The molecule has 6 nitrogen and oxygen atoms in total. The van der Waals surface area contributed by atoms with Crippen molar-refractivity contribution in [3.63, 3.8) is 0 Å². The van der Waals surface area contributed by atoms with Crippen LogP contribution < -0.4 is 0 Å². The van der Waals surface area contributed by atoms with Crippen LogP contribution >= 0.6 is 0 Å². The normalized spacial score (nSPS) is 21.9. The highest BCUT2D eigenvalue weighted by molar-refractivity contribution is 5.22. The van der Waals surface area contributed by atoms with Crippen LogP contribution in [0.5, 0.6) is 0 Å². The van der Waals surface area contributed by atoms with Gasteiger partial charge < -0.3 is 9.30 Å². The summed E-state index contributed by atoms with van der Waals surface area (Å²) in [6.07, 6.45) is 3.53. The van der Waals surface area contributed by atoms with Gasteiger partial charge in [-0.15, -0.1) is 10.2 Å². The molecule has 2 aliphatic rings. The van der Waals surface area contributed by atoms with Crippen molar-refractivity contribution in [2.45, 2.75) is 45.2 Å². The zero-order chi connectivity index (χ0) is 19.3. The standard InChI is InChI=1S/C22H33N5O/c1-3-18-6-8-19(9-7-18)15-27-10-4-5-20(16-27)22-24-23-21(25(22)2)17-26-11-13-28-14-12-26/h6-9,20H,3-5,10-17H2,1-2H3. The van der Waals surface area contributed by atoms with Crippen molar-refractivity contribution in [1.29, 1.82) is 0 Å². The monoisotopic (exact) mass is 383 g/mol. The highest BCUT2D eigenvalue weighted by Crippen LogP contribution is 2.27. The minimum atomic E-state index is 0.472. The first-order valence-electron chi connectivity index (χ1n) is 10.7. The van der Waals surface area contributed by atoms with E-state index in [9.17, 15) is 0 Å². The van der Waals surface area contributed by atoms with E-state index in [1.165, 1.54) is 30.5 Å². The van der Waals surface area contributed by atoms with Gasteiger partial charge in [0.1, 0.15) is 11.6 Å². The molecular formula is C22H33N5O. The maximum atomic E-state index is 5.45. The second-order valence-corrected chi connectivity index (χ2v) is 8.17. The summed E-state index contributed by atoms with van der Waals surface area (Å²) in [5.74, 6) is 2.69. The molecule has 6 heteroatoms. The number of aromatic nitrogens is 3. The van der Waals surface area contributed by atoms with Crippen LogP contribution in [0.4, 0.5) is 0 Å². The molecular weight excluding hydrogens is 350 g/mol. The summed E-state index contributed by atoms with van der Waals surface area (Å²) >= 11 is 0. The van der Waals surface area contributed by atoms with Gasteiger partial charge in [0.2, 0.25) is 0 Å². The first-order chi connectivity index (χ1) is 13.7. The van der Waals surface area contributed by atoms with Crippen molar-refractivity contribution in [1.82, 2.24) is 24.6 Å². The molecule has 152 valence electrons. The minimum Gasteiger partial charge on any atom is -0.379 e. The number of benzene rings is 1. The number of piperidine rings is 1. The lowest BCUT2D eigenvalue weighted by molar-refractivity contribution is 0.0326. The smallest absolute Gasteiger partial charge is 0.146 e. The Bertz CT molecular complexity index is 751. The van der Waals surface area contributed by atoms with Gasteiger partial charge in [-0.2, -0.15) is 0 Å². The molecule has 0 aliphatic carbocycles. The Balaban J connectivity index is 1.38. The van der Waals surface area contributed by atoms with Gasteiger partial charge in [-0.3, -0.25) is 9.80 Å². The first-order valence-corrected chi connectivity index (χ1v) is 10.7. The Hall–Kier alpha value is -1.76. The Morgan fingerprint density at radius 2 is 1.71 bits per heavy atom. The number of likely N-dealkylation sites (tertiary alicyclic amines) is 1. The van der Waals surface area contributed by atoms with Gasteiger partial charge in [-0.25, -0.2) is 0 Å². The van der Waals surface area contributed by atoms with Crippen molar-refractivity contribution in [2.24, 2.45) is 7.05 Å². The summed E-state index contributed by atoms with van der Waals surface area (Å²) in [7, 11) is 2.13. The molecule has 2 aliphatic heterocycles. The van der Waals surface area contributed by atoms with E-state index in [1.807, 2.05) is 0 Å². The molecule has 0 saturated carbocycles. The SMILES string of the molecule is CCc1ccc(CN2CCCC(c3nnc(CN4CCOCC4)n3C)C2)cc1. The van der Waals surface area contributed by atoms with Gasteiger partial charge in [0.05, 0.1) is 19.8 Å². The molecule has 28 heavy (non-hydrogen) atoms. The molecule has 1 aromatic heterocycles. The summed E-state index contributed by atoms with van der Waals surface area (Å²) in [6.45, 7) is 9.95. The van der Waals surface area contributed by atoms with Gasteiger partial charge in [0.25, 0.3) is 0 Å². The average Bonchev–Trinajstić information content (AvgIpc) is 3.10.